The quantitative estimate of drug-likeness (QED) is 0.732. The van der Waals surface area contributed by atoms with Gasteiger partial charge in [0.2, 0.25) is 0 Å². The molecule has 1 unspecified atom stereocenters. The van der Waals surface area contributed by atoms with Gasteiger partial charge in [0.15, 0.2) is 0 Å². The predicted octanol–water partition coefficient (Wildman–Crippen LogP) is 1.51. The lowest BCUT2D eigenvalue weighted by atomic mass is 9.94. The van der Waals surface area contributed by atoms with E-state index in [-0.39, 0.29) is 18.1 Å². The van der Waals surface area contributed by atoms with Crippen LogP contribution in [0.25, 0.3) is 0 Å². The molecule has 0 fully saturated rings. The van der Waals surface area contributed by atoms with Gasteiger partial charge in [-0.2, -0.15) is 0 Å². The number of nitrogens with one attached hydrogen (secondary N) is 1. The van der Waals surface area contributed by atoms with Crippen molar-refractivity contribution >= 4 is 5.97 Å². The second-order valence-corrected chi connectivity index (χ2v) is 4.73. The summed E-state index contributed by atoms with van der Waals surface area (Å²) in [5, 5.41) is 12.4. The summed E-state index contributed by atoms with van der Waals surface area (Å²) in [6, 6.07) is 3.41. The van der Waals surface area contributed by atoms with Gasteiger partial charge in [-0.3, -0.25) is 4.98 Å². The molecule has 0 saturated carbocycles. The summed E-state index contributed by atoms with van der Waals surface area (Å²) in [4.78, 5) is 15.8. The van der Waals surface area contributed by atoms with E-state index in [0.29, 0.717) is 24.2 Å². The molecule has 0 aliphatic carbocycles. The summed E-state index contributed by atoms with van der Waals surface area (Å²) in [6.07, 6.45) is 3.19. The van der Waals surface area contributed by atoms with Crippen molar-refractivity contribution in [1.29, 1.82) is 0 Å². The first kappa shape index (κ1) is 15.6. The minimum absolute atomic E-state index is 0.128. The first-order valence-electron chi connectivity index (χ1n) is 6.44. The third-order valence-electron chi connectivity index (χ3n) is 3.42. The average molecular weight is 266 g/mol. The highest BCUT2D eigenvalue weighted by molar-refractivity contribution is 5.90. The van der Waals surface area contributed by atoms with E-state index in [1.165, 1.54) is 7.11 Å². The summed E-state index contributed by atoms with van der Waals surface area (Å²) < 4.78 is 4.74. The number of methoxy groups -OCH3 is 1. The lowest BCUT2D eigenvalue weighted by Crippen LogP contribution is -2.42. The van der Waals surface area contributed by atoms with Crippen molar-refractivity contribution in [3.8, 4) is 0 Å². The van der Waals surface area contributed by atoms with Crippen LogP contribution in [-0.4, -0.2) is 35.3 Å². The fourth-order valence-electron chi connectivity index (χ4n) is 1.81. The molecule has 5 nitrogen and oxygen atoms in total. The normalized spacial score (nSPS) is 13.9. The third kappa shape index (κ3) is 4.29. The molecule has 0 spiro atoms. The van der Waals surface area contributed by atoms with Crippen molar-refractivity contribution in [2.24, 2.45) is 0 Å². The topological polar surface area (TPSA) is 71.5 Å². The molecule has 0 aliphatic rings. The van der Waals surface area contributed by atoms with Crippen molar-refractivity contribution in [2.75, 3.05) is 13.7 Å². The van der Waals surface area contributed by atoms with Crippen LogP contribution in [0.15, 0.2) is 18.3 Å². The van der Waals surface area contributed by atoms with E-state index in [1.54, 1.807) is 18.3 Å². The molecule has 0 bridgehead atoms. The smallest absolute Gasteiger partial charge is 0.339 e. The van der Waals surface area contributed by atoms with Crippen LogP contribution in [0.4, 0.5) is 0 Å². The van der Waals surface area contributed by atoms with Crippen molar-refractivity contribution in [2.45, 2.75) is 38.8 Å². The molecule has 0 aromatic carbocycles. The largest absolute Gasteiger partial charge is 0.465 e. The Morgan fingerprint density at radius 1 is 1.58 bits per heavy atom. The number of nitrogens with zero attached hydrogens (tertiary/aromatic N) is 1. The minimum atomic E-state index is -0.384. The number of ether oxygens (including phenoxy) is 1. The second kappa shape index (κ2) is 7.21. The zero-order valence-electron chi connectivity index (χ0n) is 11.8. The molecule has 19 heavy (non-hydrogen) atoms. The number of aliphatic hydroxyl groups is 1. The Bertz CT molecular complexity index is 423. The molecule has 1 aromatic heterocycles. The molecular formula is C14H22N2O3. The van der Waals surface area contributed by atoms with Gasteiger partial charge in [0, 0.05) is 24.9 Å². The fraction of sp³-hybridized carbons (Fsp3) is 0.571. The van der Waals surface area contributed by atoms with Gasteiger partial charge >= 0.3 is 5.97 Å². The van der Waals surface area contributed by atoms with Gasteiger partial charge in [0.05, 0.1) is 18.4 Å². The number of esters is 1. The van der Waals surface area contributed by atoms with Gasteiger partial charge in [0.1, 0.15) is 0 Å². The molecule has 1 heterocycles. The number of aliphatic hydroxyl groups excluding tert-OH is 1. The Morgan fingerprint density at radius 2 is 2.32 bits per heavy atom. The molecule has 5 heteroatoms. The summed E-state index contributed by atoms with van der Waals surface area (Å²) in [7, 11) is 1.36. The zero-order valence-corrected chi connectivity index (χ0v) is 11.8. The van der Waals surface area contributed by atoms with Crippen LogP contribution in [0.5, 0.6) is 0 Å². The monoisotopic (exact) mass is 266 g/mol. The summed E-state index contributed by atoms with van der Waals surface area (Å²) in [6.45, 7) is 4.70. The maximum absolute atomic E-state index is 11.6. The first-order valence-corrected chi connectivity index (χ1v) is 6.44. The highest BCUT2D eigenvalue weighted by Crippen LogP contribution is 2.15. The molecule has 0 radical (unpaired) electrons. The Kier molecular flexibility index (Phi) is 5.92. The summed E-state index contributed by atoms with van der Waals surface area (Å²) in [5.41, 5.74) is 0.964. The fourth-order valence-corrected chi connectivity index (χ4v) is 1.81. The van der Waals surface area contributed by atoms with E-state index < -0.39 is 0 Å². The van der Waals surface area contributed by atoms with Crippen LogP contribution in [0.3, 0.4) is 0 Å². The van der Waals surface area contributed by atoms with E-state index >= 15 is 0 Å². The number of rotatable bonds is 7. The Morgan fingerprint density at radius 3 is 2.89 bits per heavy atom. The van der Waals surface area contributed by atoms with Crippen molar-refractivity contribution in [1.82, 2.24) is 10.3 Å². The SMILES string of the molecule is CCC(C)(CCO)NCc1ncccc1C(=O)OC. The number of aromatic nitrogens is 1. The molecule has 106 valence electrons. The van der Waals surface area contributed by atoms with E-state index in [0.717, 1.165) is 6.42 Å². The van der Waals surface area contributed by atoms with Crippen molar-refractivity contribution < 1.29 is 14.6 Å². The molecule has 1 rings (SSSR count). The van der Waals surface area contributed by atoms with Crippen LogP contribution in [0.2, 0.25) is 0 Å². The van der Waals surface area contributed by atoms with E-state index in [2.05, 4.69) is 17.2 Å². The van der Waals surface area contributed by atoms with Gasteiger partial charge < -0.3 is 15.2 Å². The van der Waals surface area contributed by atoms with E-state index in [9.17, 15) is 4.79 Å². The average Bonchev–Trinajstić information content (AvgIpc) is 2.45. The first-order chi connectivity index (χ1) is 9.06. The lowest BCUT2D eigenvalue weighted by Gasteiger charge is -2.29. The molecule has 2 N–H and O–H groups in total. The van der Waals surface area contributed by atoms with Crippen molar-refractivity contribution in [3.63, 3.8) is 0 Å². The number of hydrogen-bond acceptors (Lipinski definition) is 5. The molecule has 1 atom stereocenters. The standard InChI is InChI=1S/C14H22N2O3/c1-4-14(2,7-9-17)16-10-12-11(13(18)19-3)6-5-8-15-12/h5-6,8,16-17H,4,7,9-10H2,1-3H3. The second-order valence-electron chi connectivity index (χ2n) is 4.73. The molecule has 0 amide bonds. The molecule has 0 saturated heterocycles. The summed E-state index contributed by atoms with van der Waals surface area (Å²) >= 11 is 0. The van der Waals surface area contributed by atoms with Crippen LogP contribution >= 0.6 is 0 Å². The zero-order chi connectivity index (χ0) is 14.3. The van der Waals surface area contributed by atoms with Crippen LogP contribution in [-0.2, 0) is 11.3 Å². The Hall–Kier alpha value is -1.46. The minimum Gasteiger partial charge on any atom is -0.465 e. The van der Waals surface area contributed by atoms with E-state index in [1.807, 2.05) is 6.92 Å². The Balaban J connectivity index is 2.80. The van der Waals surface area contributed by atoms with Gasteiger partial charge in [0.25, 0.3) is 0 Å². The van der Waals surface area contributed by atoms with Gasteiger partial charge in [-0.25, -0.2) is 4.79 Å². The maximum atomic E-state index is 11.6. The highest BCUT2D eigenvalue weighted by atomic mass is 16.5. The lowest BCUT2D eigenvalue weighted by molar-refractivity contribution is 0.0598. The molecule has 1 aromatic rings. The summed E-state index contributed by atoms with van der Waals surface area (Å²) in [5.74, 6) is -0.384. The highest BCUT2D eigenvalue weighted by Gasteiger charge is 2.22. The van der Waals surface area contributed by atoms with Gasteiger partial charge in [-0.15, -0.1) is 0 Å². The van der Waals surface area contributed by atoms with Crippen LogP contribution in [0, 0.1) is 0 Å². The van der Waals surface area contributed by atoms with Gasteiger partial charge in [-0.05, 0) is 31.9 Å². The third-order valence-corrected chi connectivity index (χ3v) is 3.42. The van der Waals surface area contributed by atoms with Crippen LogP contribution in [0.1, 0.15) is 42.7 Å². The number of carbonyl (C=O) groups excluding carboxylic acids is 1. The molecular weight excluding hydrogens is 244 g/mol. The molecule has 0 aliphatic heterocycles. The predicted molar refractivity (Wildman–Crippen MR) is 72.8 cm³/mol. The number of carbonyl (C=O) groups is 1. The maximum Gasteiger partial charge on any atom is 0.339 e. The number of hydrogen-bond donors (Lipinski definition) is 2. The van der Waals surface area contributed by atoms with Crippen molar-refractivity contribution in [3.05, 3.63) is 29.6 Å². The number of pyridine rings is 1. The van der Waals surface area contributed by atoms with E-state index in [4.69, 9.17) is 9.84 Å². The van der Waals surface area contributed by atoms with Gasteiger partial charge in [-0.1, -0.05) is 6.92 Å². The van der Waals surface area contributed by atoms with Crippen LogP contribution < -0.4 is 5.32 Å². The Labute approximate surface area is 114 Å².